The maximum atomic E-state index is 10.5. The number of likely N-dealkylation sites (N-methyl/N-ethyl adjacent to an activating group) is 1. The monoisotopic (exact) mass is 274 g/mol. The molecule has 0 fully saturated rings. The molecule has 2 aromatic carbocycles. The van der Waals surface area contributed by atoms with Gasteiger partial charge in [0.15, 0.2) is 0 Å². The van der Waals surface area contributed by atoms with E-state index in [1.165, 1.54) is 4.90 Å². The van der Waals surface area contributed by atoms with Crippen molar-refractivity contribution >= 4 is 0 Å². The van der Waals surface area contributed by atoms with Crippen LogP contribution in [-0.2, 0) is 12.1 Å². The zero-order valence-corrected chi connectivity index (χ0v) is 11.6. The summed E-state index contributed by atoms with van der Waals surface area (Å²) in [7, 11) is 1.57. The minimum Gasteiger partial charge on any atom is -0.394 e. The van der Waals surface area contributed by atoms with Gasteiger partial charge in [-0.05, 0) is 24.5 Å². The van der Waals surface area contributed by atoms with Crippen LogP contribution in [0.15, 0.2) is 60.7 Å². The Kier molecular flexibility index (Phi) is 3.12. The van der Waals surface area contributed by atoms with Gasteiger partial charge in [0.05, 0.1) is 14.8 Å². The van der Waals surface area contributed by atoms with Gasteiger partial charge in [0.1, 0.15) is 0 Å². The minimum absolute atomic E-state index is 0.218. The second kappa shape index (κ2) is 6.69. The van der Waals surface area contributed by atoms with Gasteiger partial charge >= 0.3 is 0 Å². The molecular weight excluding hydrogens is 246 g/mol. The second-order valence-electron chi connectivity index (χ2n) is 4.71. The molecule has 0 aliphatic carbocycles. The summed E-state index contributed by atoms with van der Waals surface area (Å²) in [5.74, 6) is 0. The molecule has 0 aliphatic rings. The van der Waals surface area contributed by atoms with Gasteiger partial charge in [-0.1, -0.05) is 67.6 Å². The first-order valence-corrected chi connectivity index (χ1v) is 6.49. The summed E-state index contributed by atoms with van der Waals surface area (Å²) < 4.78 is 40.7. The summed E-state index contributed by atoms with van der Waals surface area (Å²) in [4.78, 5) is 1.46. The highest BCUT2D eigenvalue weighted by Crippen LogP contribution is 2.31. The number of hydrogen-bond donors (Lipinski definition) is 1. The van der Waals surface area contributed by atoms with Gasteiger partial charge in [-0.3, -0.25) is 4.90 Å². The Morgan fingerprint density at radius 1 is 1.10 bits per heavy atom. The molecule has 106 valence electrons. The van der Waals surface area contributed by atoms with E-state index in [1.54, 1.807) is 37.4 Å². The molecule has 2 aromatic rings. The molecule has 1 N–H and O–H groups in total. The van der Waals surface area contributed by atoms with Crippen LogP contribution in [0.1, 0.15) is 31.3 Å². The fraction of sp³-hybridized carbons (Fsp3) is 0.333. The van der Waals surface area contributed by atoms with Gasteiger partial charge in [-0.2, -0.15) is 0 Å². The molecule has 2 nitrogen and oxygen atoms in total. The predicted octanol–water partition coefficient (Wildman–Crippen LogP) is 3.42. The van der Waals surface area contributed by atoms with Crippen LogP contribution in [0.5, 0.6) is 0 Å². The fourth-order valence-corrected chi connectivity index (χ4v) is 2.30. The zero-order chi connectivity index (χ0) is 18.7. The van der Waals surface area contributed by atoms with Crippen LogP contribution in [0.4, 0.5) is 0 Å². The van der Waals surface area contributed by atoms with E-state index in [2.05, 4.69) is 0 Å². The normalized spacial score (nSPS) is 19.2. The summed E-state index contributed by atoms with van der Waals surface area (Å²) in [6, 6.07) is 17.5. The van der Waals surface area contributed by atoms with E-state index in [1.807, 2.05) is 30.3 Å². The van der Waals surface area contributed by atoms with Crippen molar-refractivity contribution in [2.75, 3.05) is 13.6 Å². The van der Waals surface area contributed by atoms with E-state index in [4.69, 9.17) is 6.85 Å². The highest BCUT2D eigenvalue weighted by Gasteiger charge is 2.33. The van der Waals surface area contributed by atoms with Crippen LogP contribution in [0.3, 0.4) is 0 Å². The molecule has 1 atom stereocenters. The van der Waals surface area contributed by atoms with Crippen molar-refractivity contribution < 1.29 is 12.0 Å². The largest absolute Gasteiger partial charge is 0.394 e. The molecule has 0 saturated carbocycles. The van der Waals surface area contributed by atoms with Crippen molar-refractivity contribution in [1.82, 2.24) is 4.90 Å². The first kappa shape index (κ1) is 9.32. The van der Waals surface area contributed by atoms with Crippen LogP contribution in [0.2, 0.25) is 0 Å². The first-order valence-electron chi connectivity index (χ1n) is 9.20. The van der Waals surface area contributed by atoms with E-state index in [0.717, 1.165) is 5.56 Å². The minimum atomic E-state index is -2.91. The Bertz CT molecular complexity index is 675. The van der Waals surface area contributed by atoms with Gasteiger partial charge < -0.3 is 5.11 Å². The van der Waals surface area contributed by atoms with Crippen LogP contribution >= 0.6 is 0 Å². The second-order valence-corrected chi connectivity index (χ2v) is 4.71. The number of nitrogens with zero attached hydrogens (tertiary/aromatic N) is 1. The Labute approximate surface area is 128 Å². The molecular formula is C18H23NO. The Morgan fingerprint density at radius 2 is 1.70 bits per heavy atom. The van der Waals surface area contributed by atoms with E-state index < -0.39 is 25.4 Å². The molecule has 0 amide bonds. The first-order chi connectivity index (χ1) is 11.7. The molecule has 0 aliphatic heterocycles. The zero-order valence-electron chi connectivity index (χ0n) is 16.6. The van der Waals surface area contributed by atoms with E-state index in [0.29, 0.717) is 0 Å². The summed E-state index contributed by atoms with van der Waals surface area (Å²) >= 11 is 0. The number of rotatable bonds is 6. The van der Waals surface area contributed by atoms with Crippen molar-refractivity contribution in [2.24, 2.45) is 0 Å². The average Bonchev–Trinajstić information content (AvgIpc) is 2.55. The lowest BCUT2D eigenvalue weighted by Crippen LogP contribution is -2.46. The lowest BCUT2D eigenvalue weighted by molar-refractivity contribution is 0.0366. The predicted molar refractivity (Wildman–Crippen MR) is 83.4 cm³/mol. The lowest BCUT2D eigenvalue weighted by Gasteiger charge is -2.40. The molecule has 0 radical (unpaired) electrons. The van der Waals surface area contributed by atoms with Crippen LogP contribution < -0.4 is 0 Å². The fourth-order valence-electron chi connectivity index (χ4n) is 2.30. The number of aliphatic hydroxyl groups is 1. The molecule has 1 unspecified atom stereocenters. The van der Waals surface area contributed by atoms with Crippen molar-refractivity contribution in [2.45, 2.75) is 25.4 Å². The van der Waals surface area contributed by atoms with E-state index in [9.17, 15) is 5.11 Å². The third-order valence-corrected chi connectivity index (χ3v) is 3.44. The number of hydrogen-bond acceptors (Lipinski definition) is 2. The van der Waals surface area contributed by atoms with Crippen LogP contribution in [0, 0.1) is 0 Å². The van der Waals surface area contributed by atoms with Crippen LogP contribution in [0.25, 0.3) is 0 Å². The average molecular weight is 274 g/mol. The molecule has 0 saturated heterocycles. The van der Waals surface area contributed by atoms with Crippen LogP contribution in [-0.4, -0.2) is 23.6 Å². The van der Waals surface area contributed by atoms with Crippen molar-refractivity contribution in [3.8, 4) is 0 Å². The molecule has 2 heteroatoms. The molecule has 20 heavy (non-hydrogen) atoms. The molecule has 0 spiro atoms. The van der Waals surface area contributed by atoms with E-state index in [-0.39, 0.29) is 12.1 Å². The standard InChI is InChI=1S/C18H23NO/c1-3-18(15-20,17-12-8-5-9-13-17)19(2)14-16-10-6-4-7-11-16/h4-13,20H,3,14-15H2,1-2H3/i1D,3D2,15D2. The molecule has 0 aromatic heterocycles. The van der Waals surface area contributed by atoms with Crippen molar-refractivity contribution in [1.29, 1.82) is 0 Å². The maximum absolute atomic E-state index is 10.5. The molecule has 0 heterocycles. The summed E-state index contributed by atoms with van der Waals surface area (Å²) in [5, 5.41) is 10.5. The topological polar surface area (TPSA) is 23.5 Å². The quantitative estimate of drug-likeness (QED) is 0.872. The lowest BCUT2D eigenvalue weighted by atomic mass is 9.86. The maximum Gasteiger partial charge on any atom is 0.0691 e. The van der Waals surface area contributed by atoms with E-state index >= 15 is 0 Å². The molecule has 2 rings (SSSR count). The van der Waals surface area contributed by atoms with Crippen molar-refractivity contribution in [3.63, 3.8) is 0 Å². The third kappa shape index (κ3) is 2.92. The molecule has 0 bridgehead atoms. The smallest absolute Gasteiger partial charge is 0.0691 e. The Morgan fingerprint density at radius 3 is 2.25 bits per heavy atom. The van der Waals surface area contributed by atoms with Gasteiger partial charge in [-0.25, -0.2) is 0 Å². The van der Waals surface area contributed by atoms with Gasteiger partial charge in [0.2, 0.25) is 0 Å². The van der Waals surface area contributed by atoms with Gasteiger partial charge in [0.25, 0.3) is 0 Å². The van der Waals surface area contributed by atoms with Crippen molar-refractivity contribution in [3.05, 3.63) is 71.8 Å². The Hall–Kier alpha value is -1.64. The highest BCUT2D eigenvalue weighted by molar-refractivity contribution is 5.25. The highest BCUT2D eigenvalue weighted by atomic mass is 16.3. The summed E-state index contributed by atoms with van der Waals surface area (Å²) in [6.45, 7) is -3.39. The third-order valence-electron chi connectivity index (χ3n) is 3.44. The number of benzene rings is 2. The SMILES string of the molecule is [2H]CC([2H])([2H])C(c1ccccc1)(N(C)Cc1ccccc1)C([2H])([2H])O. The summed E-state index contributed by atoms with van der Waals surface area (Å²) in [6.07, 6.45) is -2.34. The Balaban J connectivity index is 2.66. The van der Waals surface area contributed by atoms with Gasteiger partial charge in [-0.15, -0.1) is 0 Å². The van der Waals surface area contributed by atoms with Gasteiger partial charge in [0, 0.05) is 10.7 Å². The summed E-state index contributed by atoms with van der Waals surface area (Å²) in [5.41, 5.74) is -0.896.